The van der Waals surface area contributed by atoms with E-state index in [0.29, 0.717) is 0 Å². The molecule has 0 aliphatic carbocycles. The molecule has 13 heavy (non-hydrogen) atoms. The largest absolute Gasteiger partial charge is 0.331 e. The summed E-state index contributed by atoms with van der Waals surface area (Å²) in [6.45, 7) is 3.49. The smallest absolute Gasteiger partial charge is 0.319 e. The Morgan fingerprint density at radius 2 is 1.69 bits per heavy atom. The molecule has 0 atom stereocenters. The molecule has 1 aliphatic heterocycles. The van der Waals surface area contributed by atoms with Crippen LogP contribution in [0.25, 0.3) is 0 Å². The van der Waals surface area contributed by atoms with Gasteiger partial charge in [0, 0.05) is 40.3 Å². The lowest BCUT2D eigenvalue weighted by Gasteiger charge is -2.29. The van der Waals surface area contributed by atoms with Crippen LogP contribution in [0, 0.1) is 0 Å². The molecular weight excluding hydrogens is 213 g/mol. The van der Waals surface area contributed by atoms with Crippen LogP contribution in [0.15, 0.2) is 0 Å². The first-order valence-electron chi connectivity index (χ1n) is 3.89. The molecule has 1 heterocycles. The van der Waals surface area contributed by atoms with Crippen LogP contribution in [-0.4, -0.2) is 56.1 Å². The van der Waals surface area contributed by atoms with E-state index in [9.17, 15) is 4.79 Å². The Balaban J connectivity index is 0. The van der Waals surface area contributed by atoms with Gasteiger partial charge in [-0.25, -0.2) is 4.79 Å². The Kier molecular flexibility index (Phi) is 8.51. The van der Waals surface area contributed by atoms with E-state index in [4.69, 9.17) is 0 Å². The van der Waals surface area contributed by atoms with E-state index < -0.39 is 0 Å². The lowest BCUT2D eigenvalue weighted by Crippen LogP contribution is -2.49. The summed E-state index contributed by atoms with van der Waals surface area (Å²) in [6, 6.07) is 0.117. The predicted molar refractivity (Wildman–Crippen MR) is 58.0 cm³/mol. The summed E-state index contributed by atoms with van der Waals surface area (Å²) in [5.74, 6) is 0. The number of nitrogens with zero attached hydrogens (tertiary/aromatic N) is 2. The topological polar surface area (TPSA) is 35.6 Å². The van der Waals surface area contributed by atoms with E-state index in [1.165, 1.54) is 0 Å². The van der Waals surface area contributed by atoms with Crippen molar-refractivity contribution in [1.29, 1.82) is 0 Å². The molecule has 6 heteroatoms. The third kappa shape index (κ3) is 4.55. The molecule has 0 aromatic heterocycles. The summed E-state index contributed by atoms with van der Waals surface area (Å²) in [6.07, 6.45) is 0. The van der Waals surface area contributed by atoms with Crippen LogP contribution < -0.4 is 5.32 Å². The maximum absolute atomic E-state index is 11.3. The van der Waals surface area contributed by atoms with Gasteiger partial charge in [0.25, 0.3) is 0 Å². The van der Waals surface area contributed by atoms with Crippen molar-refractivity contribution in [3.05, 3.63) is 0 Å². The van der Waals surface area contributed by atoms with Crippen molar-refractivity contribution in [3.63, 3.8) is 0 Å². The minimum absolute atomic E-state index is 0. The van der Waals surface area contributed by atoms with Crippen LogP contribution in [0.2, 0.25) is 0 Å². The van der Waals surface area contributed by atoms with Gasteiger partial charge < -0.3 is 15.1 Å². The third-order valence-corrected chi connectivity index (χ3v) is 1.77. The molecule has 4 nitrogen and oxygen atoms in total. The normalized spacial score (nSPS) is 15.4. The summed E-state index contributed by atoms with van der Waals surface area (Å²) >= 11 is 0. The van der Waals surface area contributed by atoms with E-state index in [1.54, 1.807) is 19.0 Å². The number of nitrogens with one attached hydrogen (secondary N) is 1. The zero-order chi connectivity index (χ0) is 8.27. The molecule has 1 rings (SSSR count). The highest BCUT2D eigenvalue weighted by Crippen LogP contribution is 1.96. The van der Waals surface area contributed by atoms with E-state index in [1.807, 2.05) is 4.90 Å². The fourth-order valence-electron chi connectivity index (χ4n) is 1.14. The fraction of sp³-hybridized carbons (Fsp3) is 0.857. The second-order valence-corrected chi connectivity index (χ2v) is 2.91. The first kappa shape index (κ1) is 15.3. The van der Waals surface area contributed by atoms with Crippen molar-refractivity contribution in [2.24, 2.45) is 0 Å². The third-order valence-electron chi connectivity index (χ3n) is 1.77. The first-order chi connectivity index (χ1) is 5.22. The molecule has 0 radical (unpaired) electrons. The Labute approximate surface area is 91.5 Å². The minimum Gasteiger partial charge on any atom is -0.331 e. The van der Waals surface area contributed by atoms with Crippen LogP contribution in [0.3, 0.4) is 0 Å². The highest BCUT2D eigenvalue weighted by atomic mass is 35.5. The lowest BCUT2D eigenvalue weighted by molar-refractivity contribution is 0.164. The quantitative estimate of drug-likeness (QED) is 0.654. The monoisotopic (exact) mass is 229 g/mol. The van der Waals surface area contributed by atoms with E-state index >= 15 is 0 Å². The number of carbonyl (C=O) groups is 1. The van der Waals surface area contributed by atoms with Crippen molar-refractivity contribution in [1.82, 2.24) is 15.1 Å². The minimum atomic E-state index is 0. The molecular formula is C7H17Cl2N3O. The number of hydrogen-bond acceptors (Lipinski definition) is 2. The molecule has 0 unspecified atom stereocenters. The van der Waals surface area contributed by atoms with E-state index in [0.717, 1.165) is 26.2 Å². The average molecular weight is 230 g/mol. The average Bonchev–Trinajstić information content (AvgIpc) is 2.05. The van der Waals surface area contributed by atoms with Gasteiger partial charge in [-0.2, -0.15) is 0 Å². The van der Waals surface area contributed by atoms with Gasteiger partial charge in [-0.15, -0.1) is 24.8 Å². The molecule has 0 spiro atoms. The molecule has 1 saturated heterocycles. The van der Waals surface area contributed by atoms with Crippen molar-refractivity contribution >= 4 is 30.8 Å². The van der Waals surface area contributed by atoms with Crippen molar-refractivity contribution in [3.8, 4) is 0 Å². The number of rotatable bonds is 0. The lowest BCUT2D eigenvalue weighted by atomic mass is 10.4. The summed E-state index contributed by atoms with van der Waals surface area (Å²) in [4.78, 5) is 14.8. The maximum atomic E-state index is 11.3. The second kappa shape index (κ2) is 7.24. The summed E-state index contributed by atoms with van der Waals surface area (Å²) in [7, 11) is 3.56. The van der Waals surface area contributed by atoms with Crippen molar-refractivity contribution < 1.29 is 4.79 Å². The van der Waals surface area contributed by atoms with Crippen molar-refractivity contribution in [2.45, 2.75) is 0 Å². The molecule has 1 N–H and O–H groups in total. The molecule has 0 saturated carbocycles. The molecule has 80 valence electrons. The molecule has 0 aromatic rings. The standard InChI is InChI=1S/C7H15N3O.2ClH/c1-9(2)7(11)10-5-3-8-4-6-10;;/h8H,3-6H2,1-2H3;2*1H. The second-order valence-electron chi connectivity index (χ2n) is 2.91. The molecule has 1 aliphatic rings. The number of urea groups is 1. The number of halogens is 2. The summed E-state index contributed by atoms with van der Waals surface area (Å²) in [5.41, 5.74) is 0. The van der Waals surface area contributed by atoms with Gasteiger partial charge >= 0.3 is 6.03 Å². The zero-order valence-electron chi connectivity index (χ0n) is 7.95. The van der Waals surface area contributed by atoms with Gasteiger partial charge in [-0.3, -0.25) is 0 Å². The number of carbonyl (C=O) groups excluding carboxylic acids is 1. The highest BCUT2D eigenvalue weighted by molar-refractivity contribution is 5.85. The summed E-state index contributed by atoms with van der Waals surface area (Å²) < 4.78 is 0. The Morgan fingerprint density at radius 1 is 1.23 bits per heavy atom. The van der Waals surface area contributed by atoms with Crippen LogP contribution in [0.1, 0.15) is 0 Å². The van der Waals surface area contributed by atoms with Gasteiger partial charge in [0.15, 0.2) is 0 Å². The van der Waals surface area contributed by atoms with Gasteiger partial charge in [-0.1, -0.05) is 0 Å². The maximum Gasteiger partial charge on any atom is 0.319 e. The van der Waals surface area contributed by atoms with Crippen molar-refractivity contribution in [2.75, 3.05) is 40.3 Å². The number of amides is 2. The highest BCUT2D eigenvalue weighted by Gasteiger charge is 2.16. The molecule has 2 amide bonds. The van der Waals surface area contributed by atoms with Crippen LogP contribution >= 0.6 is 24.8 Å². The van der Waals surface area contributed by atoms with Gasteiger partial charge in [0.1, 0.15) is 0 Å². The Hall–Kier alpha value is -0.190. The Bertz CT molecular complexity index is 149. The molecule has 1 fully saturated rings. The fourth-order valence-corrected chi connectivity index (χ4v) is 1.14. The Morgan fingerprint density at radius 3 is 2.08 bits per heavy atom. The van der Waals surface area contributed by atoms with Gasteiger partial charge in [-0.05, 0) is 0 Å². The summed E-state index contributed by atoms with van der Waals surface area (Å²) in [5, 5.41) is 3.20. The number of piperazine rings is 1. The van der Waals surface area contributed by atoms with Crippen LogP contribution in [0.5, 0.6) is 0 Å². The molecule has 0 aromatic carbocycles. The zero-order valence-corrected chi connectivity index (χ0v) is 9.58. The van der Waals surface area contributed by atoms with Gasteiger partial charge in [0.05, 0.1) is 0 Å². The van der Waals surface area contributed by atoms with Crippen LogP contribution in [0.4, 0.5) is 4.79 Å². The molecule has 0 bridgehead atoms. The number of hydrogen-bond donors (Lipinski definition) is 1. The van der Waals surface area contributed by atoms with Gasteiger partial charge in [0.2, 0.25) is 0 Å². The van der Waals surface area contributed by atoms with E-state index in [2.05, 4.69) is 5.32 Å². The predicted octanol–water partition coefficient (Wildman–Crippen LogP) is 0.417. The van der Waals surface area contributed by atoms with E-state index in [-0.39, 0.29) is 30.8 Å². The first-order valence-corrected chi connectivity index (χ1v) is 3.89. The van der Waals surface area contributed by atoms with Crippen LogP contribution in [-0.2, 0) is 0 Å². The SMILES string of the molecule is CN(C)C(=O)N1CCNCC1.Cl.Cl.